The van der Waals surface area contributed by atoms with Gasteiger partial charge in [0.2, 0.25) is 5.78 Å². The Labute approximate surface area is 290 Å². The number of amides is 1. The zero-order chi connectivity index (χ0) is 37.4. The second kappa shape index (κ2) is 14.7. The lowest BCUT2D eigenvalue weighted by atomic mass is 9.78. The van der Waals surface area contributed by atoms with Gasteiger partial charge in [0, 0.05) is 61.8 Å². The van der Waals surface area contributed by atoms with Crippen LogP contribution in [0.4, 0.5) is 0 Å². The lowest BCUT2D eigenvalue weighted by Gasteiger charge is -2.38. The minimum Gasteiger partial charge on any atom is -0.507 e. The van der Waals surface area contributed by atoms with E-state index in [4.69, 9.17) is 18.9 Å². The van der Waals surface area contributed by atoms with E-state index < -0.39 is 100 Å². The van der Waals surface area contributed by atoms with Crippen molar-refractivity contribution >= 4 is 29.2 Å². The van der Waals surface area contributed by atoms with E-state index in [1.165, 1.54) is 47.0 Å². The standard InChI is InChI=1S/C37H45NO12/c1-16-11-10-12-17(2)36(46)38-23-15-24(40)26-27(32(23)44)31(43)21(6)34-28(26)35(45)37(8,50-34)48-14-13-25(47-9)18(3)33(49-22(7)39)20(5)30(42)19(4)29(16)41/h10-16,18-20,25,29-30,33,41-43H,1-9H3,(H,38,46)/b11-10+,14-13-,17-12-/t16-,18+,19-,20-,25-,29-,30+,33+,37-/m0/s1. The summed E-state index contributed by atoms with van der Waals surface area (Å²) in [6, 6.07) is 0. The molecule has 0 saturated carbocycles. The van der Waals surface area contributed by atoms with E-state index in [1.54, 1.807) is 39.8 Å². The normalized spacial score (nSPS) is 34.5. The monoisotopic (exact) mass is 695 g/mol. The molecule has 0 radical (unpaired) electrons. The predicted octanol–water partition coefficient (Wildman–Crippen LogP) is 3.63. The molecule has 0 unspecified atom stereocenters. The van der Waals surface area contributed by atoms with Gasteiger partial charge >= 0.3 is 11.8 Å². The van der Waals surface area contributed by atoms with Crippen molar-refractivity contribution < 1.29 is 58.2 Å². The Morgan fingerprint density at radius 3 is 2.22 bits per heavy atom. The SMILES string of the molecule is CO[C@H]1/C=C\O[C@@]2(C)Oc3c(C)c(O)c4c(c3C2=O)C(=O)C=C(NC(=O)/C(C)=C\C=C\[C@H](C)[C@H](O)[C@H](C)[C@@H](O)[C@H](C)[C@H](OC(C)=O)[C@@H]1C)C4=O. The molecule has 0 saturated heterocycles. The van der Waals surface area contributed by atoms with Crippen LogP contribution >= 0.6 is 0 Å². The molecule has 0 aromatic heterocycles. The molecular weight excluding hydrogens is 650 g/mol. The molecule has 5 bridgehead atoms. The van der Waals surface area contributed by atoms with E-state index in [-0.39, 0.29) is 28.0 Å². The van der Waals surface area contributed by atoms with E-state index in [0.717, 1.165) is 12.3 Å². The highest BCUT2D eigenvalue weighted by molar-refractivity contribution is 6.30. The molecule has 1 aromatic rings. The quantitative estimate of drug-likeness (QED) is 0.329. The molecule has 13 nitrogen and oxygen atoms in total. The molecule has 0 spiro atoms. The minimum atomic E-state index is -2.03. The van der Waals surface area contributed by atoms with Crippen LogP contribution in [0.25, 0.3) is 0 Å². The number of aliphatic hydroxyl groups excluding tert-OH is 2. The summed E-state index contributed by atoms with van der Waals surface area (Å²) in [5, 5.41) is 36.1. The second-order valence-corrected chi connectivity index (χ2v) is 13.4. The van der Waals surface area contributed by atoms with Crippen molar-refractivity contribution in [2.75, 3.05) is 7.11 Å². The maximum absolute atomic E-state index is 13.9. The molecule has 1 amide bonds. The minimum absolute atomic E-state index is 0.00885. The number of phenolic OH excluding ortho intramolecular Hbond substituents is 1. The average Bonchev–Trinajstić information content (AvgIpc) is 3.33. The van der Waals surface area contributed by atoms with Crippen LogP contribution < -0.4 is 10.1 Å². The zero-order valence-electron chi connectivity index (χ0n) is 29.6. The summed E-state index contributed by atoms with van der Waals surface area (Å²) in [5.74, 6) is -8.99. The van der Waals surface area contributed by atoms with Gasteiger partial charge < -0.3 is 39.6 Å². The van der Waals surface area contributed by atoms with Gasteiger partial charge in [0.15, 0.2) is 5.78 Å². The fourth-order valence-corrected chi connectivity index (χ4v) is 6.62. The highest BCUT2D eigenvalue weighted by atomic mass is 16.7. The number of hydrogen-bond donors (Lipinski definition) is 4. The van der Waals surface area contributed by atoms with Gasteiger partial charge in [0.25, 0.3) is 11.7 Å². The number of carbonyl (C=O) groups is 5. The summed E-state index contributed by atoms with van der Waals surface area (Å²) < 4.78 is 23.1. The summed E-state index contributed by atoms with van der Waals surface area (Å²) >= 11 is 0. The van der Waals surface area contributed by atoms with E-state index in [2.05, 4.69) is 5.32 Å². The molecule has 4 N–H and O–H groups in total. The van der Waals surface area contributed by atoms with Gasteiger partial charge in [0.05, 0.1) is 47.0 Å². The second-order valence-electron chi connectivity index (χ2n) is 13.4. The van der Waals surface area contributed by atoms with E-state index >= 15 is 0 Å². The van der Waals surface area contributed by atoms with Crippen LogP contribution in [0.15, 0.2) is 47.9 Å². The number of ether oxygens (including phenoxy) is 4. The predicted molar refractivity (Wildman–Crippen MR) is 179 cm³/mol. The number of phenols is 1. The average molecular weight is 696 g/mol. The lowest BCUT2D eigenvalue weighted by molar-refractivity contribution is -0.160. The number of nitrogens with one attached hydrogen (secondary N) is 1. The molecule has 5 rings (SSSR count). The molecule has 9 atom stereocenters. The van der Waals surface area contributed by atoms with Crippen molar-refractivity contribution in [3.05, 3.63) is 70.2 Å². The first kappa shape index (κ1) is 38.2. The Kier molecular flexibility index (Phi) is 11.2. The van der Waals surface area contributed by atoms with Gasteiger partial charge in [-0.25, -0.2) is 0 Å². The van der Waals surface area contributed by atoms with Crippen molar-refractivity contribution in [3.8, 4) is 11.5 Å². The number of ketones is 3. The van der Waals surface area contributed by atoms with Crippen LogP contribution in [-0.2, 0) is 23.8 Å². The van der Waals surface area contributed by atoms with Crippen LogP contribution in [0, 0.1) is 30.6 Å². The Morgan fingerprint density at radius 1 is 0.940 bits per heavy atom. The molecule has 1 aliphatic carbocycles. The highest BCUT2D eigenvalue weighted by Crippen LogP contribution is 2.47. The van der Waals surface area contributed by atoms with Crippen LogP contribution in [0.1, 0.15) is 85.1 Å². The molecule has 50 heavy (non-hydrogen) atoms. The number of aliphatic hydroxyl groups is 2. The van der Waals surface area contributed by atoms with Gasteiger partial charge in [-0.05, 0) is 19.9 Å². The number of methoxy groups -OCH3 is 1. The van der Waals surface area contributed by atoms with Crippen molar-refractivity contribution in [1.29, 1.82) is 0 Å². The molecule has 3 aliphatic heterocycles. The number of fused-ring (bicyclic) bond motifs is 14. The van der Waals surface area contributed by atoms with Gasteiger partial charge in [0.1, 0.15) is 17.6 Å². The first-order valence-corrected chi connectivity index (χ1v) is 16.4. The molecule has 270 valence electrons. The topological polar surface area (TPSA) is 195 Å². The number of esters is 1. The number of hydrogen-bond acceptors (Lipinski definition) is 12. The summed E-state index contributed by atoms with van der Waals surface area (Å²) in [6.45, 7) is 12.3. The Morgan fingerprint density at radius 2 is 1.60 bits per heavy atom. The van der Waals surface area contributed by atoms with Crippen LogP contribution in [0.3, 0.4) is 0 Å². The van der Waals surface area contributed by atoms with Gasteiger partial charge in [-0.1, -0.05) is 45.9 Å². The number of benzene rings is 1. The third-order valence-electron chi connectivity index (χ3n) is 9.80. The number of allylic oxidation sites excluding steroid dienone is 4. The fraction of sp³-hybridized carbons (Fsp3) is 0.486. The summed E-state index contributed by atoms with van der Waals surface area (Å²) in [5.41, 5.74) is -1.31. The summed E-state index contributed by atoms with van der Waals surface area (Å²) in [7, 11) is 1.42. The first-order valence-electron chi connectivity index (χ1n) is 16.4. The molecule has 4 aliphatic rings. The van der Waals surface area contributed by atoms with E-state index in [1.807, 2.05) is 0 Å². The molecule has 3 heterocycles. The maximum Gasteiger partial charge on any atom is 0.312 e. The van der Waals surface area contributed by atoms with E-state index in [9.17, 15) is 39.3 Å². The van der Waals surface area contributed by atoms with Crippen LogP contribution in [0.5, 0.6) is 11.5 Å². The first-order chi connectivity index (χ1) is 23.4. The zero-order valence-corrected chi connectivity index (χ0v) is 29.6. The molecular formula is C37H45NO12. The van der Waals surface area contributed by atoms with Gasteiger partial charge in [-0.3, -0.25) is 24.0 Å². The highest BCUT2D eigenvalue weighted by Gasteiger charge is 2.51. The fourth-order valence-electron chi connectivity index (χ4n) is 6.62. The lowest BCUT2D eigenvalue weighted by Crippen LogP contribution is -2.46. The Balaban J connectivity index is 1.83. The molecule has 13 heteroatoms. The van der Waals surface area contributed by atoms with Crippen molar-refractivity contribution in [2.24, 2.45) is 23.7 Å². The van der Waals surface area contributed by atoms with Gasteiger partial charge in [-0.15, -0.1) is 0 Å². The Bertz CT molecular complexity index is 1720. The van der Waals surface area contributed by atoms with Gasteiger partial charge in [-0.2, -0.15) is 0 Å². The third-order valence-corrected chi connectivity index (χ3v) is 9.80. The van der Waals surface area contributed by atoms with E-state index in [0.29, 0.717) is 0 Å². The largest absolute Gasteiger partial charge is 0.507 e. The Hall–Kier alpha value is -4.59. The maximum atomic E-state index is 13.9. The van der Waals surface area contributed by atoms with Crippen LogP contribution in [-0.4, -0.2) is 81.9 Å². The number of aromatic hydroxyl groups is 1. The number of carbonyl (C=O) groups excluding carboxylic acids is 5. The number of Topliss-reactive ketones (excluding diaryl/α,β-unsaturated/α-hetero) is 2. The molecule has 0 fully saturated rings. The number of rotatable bonds is 2. The summed E-state index contributed by atoms with van der Waals surface area (Å²) in [4.78, 5) is 66.2. The van der Waals surface area contributed by atoms with Crippen molar-refractivity contribution in [3.63, 3.8) is 0 Å². The van der Waals surface area contributed by atoms with Crippen LogP contribution in [0.2, 0.25) is 0 Å². The third kappa shape index (κ3) is 7.03. The smallest absolute Gasteiger partial charge is 0.312 e. The van der Waals surface area contributed by atoms with Crippen molar-refractivity contribution in [2.45, 2.75) is 85.6 Å². The summed E-state index contributed by atoms with van der Waals surface area (Å²) in [6.07, 6.45) is 4.31. The molecule has 1 aromatic carbocycles. The van der Waals surface area contributed by atoms with Crippen molar-refractivity contribution in [1.82, 2.24) is 5.32 Å².